The Hall–Kier alpha value is 1.16. The molecule has 0 aliphatic heterocycles. The first kappa shape index (κ1) is 6.28. The molecule has 0 heterocycles. The number of rotatable bonds is 1. The van der Waals surface area contributed by atoms with Crippen molar-refractivity contribution in [2.24, 2.45) is 0 Å². The summed E-state index contributed by atoms with van der Waals surface area (Å²) in [4.78, 5) is 0. The summed E-state index contributed by atoms with van der Waals surface area (Å²) < 4.78 is 0.683. The molecule has 0 aromatic heterocycles. The summed E-state index contributed by atoms with van der Waals surface area (Å²) in [5, 5.41) is 0. The predicted molar refractivity (Wildman–Crippen MR) is 45.2 cm³/mol. The molecular formula is C5H10IP. The highest BCUT2D eigenvalue weighted by molar-refractivity contribution is 14.1. The van der Waals surface area contributed by atoms with E-state index in [2.05, 4.69) is 38.8 Å². The lowest BCUT2D eigenvalue weighted by atomic mass is 10.3. The van der Waals surface area contributed by atoms with E-state index in [0.717, 1.165) is 5.66 Å². The summed E-state index contributed by atoms with van der Waals surface area (Å²) in [6.07, 6.45) is 2.75. The Morgan fingerprint density at radius 3 is 2.43 bits per heavy atom. The van der Waals surface area contributed by atoms with Crippen LogP contribution in [-0.2, 0) is 0 Å². The first-order valence-electron chi connectivity index (χ1n) is 2.63. The number of hydrogen-bond acceptors (Lipinski definition) is 0. The molecule has 0 bridgehead atoms. The molecular weight excluding hydrogens is 218 g/mol. The van der Waals surface area contributed by atoms with Crippen molar-refractivity contribution in [3.05, 3.63) is 0 Å². The van der Waals surface area contributed by atoms with E-state index in [9.17, 15) is 0 Å². The van der Waals surface area contributed by atoms with Crippen LogP contribution in [0.1, 0.15) is 19.8 Å². The van der Waals surface area contributed by atoms with Gasteiger partial charge in [-0.25, -0.2) is 0 Å². The van der Waals surface area contributed by atoms with Gasteiger partial charge in [-0.15, -0.1) is 9.24 Å². The lowest BCUT2D eigenvalue weighted by Crippen LogP contribution is -1.95. The van der Waals surface area contributed by atoms with Gasteiger partial charge in [0.25, 0.3) is 0 Å². The molecule has 3 atom stereocenters. The SMILES string of the molecule is CCC1(I)CC1P. The van der Waals surface area contributed by atoms with Crippen LogP contribution in [0.15, 0.2) is 0 Å². The van der Waals surface area contributed by atoms with Crippen molar-refractivity contribution in [1.29, 1.82) is 0 Å². The minimum Gasteiger partial charge on any atom is -0.133 e. The highest BCUT2D eigenvalue weighted by atomic mass is 127. The van der Waals surface area contributed by atoms with Gasteiger partial charge in [0.2, 0.25) is 0 Å². The predicted octanol–water partition coefficient (Wildman–Crippen LogP) is 2.22. The molecule has 7 heavy (non-hydrogen) atoms. The molecule has 0 aromatic carbocycles. The average molecular weight is 228 g/mol. The Labute approximate surface area is 60.8 Å². The topological polar surface area (TPSA) is 0 Å². The zero-order valence-corrected chi connectivity index (χ0v) is 7.76. The maximum absolute atomic E-state index is 2.88. The van der Waals surface area contributed by atoms with Crippen molar-refractivity contribution in [3.63, 3.8) is 0 Å². The van der Waals surface area contributed by atoms with Crippen molar-refractivity contribution < 1.29 is 0 Å². The van der Waals surface area contributed by atoms with E-state index >= 15 is 0 Å². The molecule has 0 nitrogen and oxygen atoms in total. The largest absolute Gasteiger partial charge is 0.133 e. The van der Waals surface area contributed by atoms with Gasteiger partial charge in [0, 0.05) is 3.42 Å². The molecule has 0 spiro atoms. The summed E-state index contributed by atoms with van der Waals surface area (Å²) in [5.41, 5.74) is 0.915. The third-order valence-electron chi connectivity index (χ3n) is 1.65. The molecule has 1 aliphatic rings. The third kappa shape index (κ3) is 1.10. The lowest BCUT2D eigenvalue weighted by Gasteiger charge is -1.98. The Morgan fingerprint density at radius 2 is 2.43 bits per heavy atom. The van der Waals surface area contributed by atoms with Crippen LogP contribution >= 0.6 is 31.8 Å². The zero-order chi connectivity index (χ0) is 5.49. The second-order valence-electron chi connectivity index (χ2n) is 2.20. The van der Waals surface area contributed by atoms with Crippen molar-refractivity contribution in [3.8, 4) is 0 Å². The number of alkyl halides is 1. The highest BCUT2D eigenvalue weighted by Crippen LogP contribution is 2.52. The second-order valence-corrected chi connectivity index (χ2v) is 5.15. The van der Waals surface area contributed by atoms with E-state index in [1.807, 2.05) is 0 Å². The van der Waals surface area contributed by atoms with Gasteiger partial charge in [-0.1, -0.05) is 29.5 Å². The van der Waals surface area contributed by atoms with E-state index in [1.165, 1.54) is 12.8 Å². The zero-order valence-electron chi connectivity index (χ0n) is 4.45. The molecule has 1 aliphatic carbocycles. The molecule has 0 saturated heterocycles. The van der Waals surface area contributed by atoms with Gasteiger partial charge in [0.15, 0.2) is 0 Å². The summed E-state index contributed by atoms with van der Waals surface area (Å²) in [6.45, 7) is 2.26. The van der Waals surface area contributed by atoms with Gasteiger partial charge in [0.1, 0.15) is 0 Å². The molecule has 2 heteroatoms. The minimum absolute atomic E-state index is 0.683. The van der Waals surface area contributed by atoms with E-state index in [4.69, 9.17) is 0 Å². The second kappa shape index (κ2) is 1.84. The summed E-state index contributed by atoms with van der Waals surface area (Å²) in [7, 11) is 2.88. The van der Waals surface area contributed by atoms with Gasteiger partial charge in [-0.3, -0.25) is 0 Å². The van der Waals surface area contributed by atoms with Crippen LogP contribution in [0.25, 0.3) is 0 Å². The van der Waals surface area contributed by atoms with Crippen molar-refractivity contribution in [2.75, 3.05) is 0 Å². The Morgan fingerprint density at radius 1 is 2.00 bits per heavy atom. The van der Waals surface area contributed by atoms with E-state index in [1.54, 1.807) is 0 Å². The van der Waals surface area contributed by atoms with Crippen molar-refractivity contribution in [2.45, 2.75) is 28.8 Å². The maximum atomic E-state index is 2.88. The van der Waals surface area contributed by atoms with Crippen LogP contribution in [0, 0.1) is 0 Å². The summed E-state index contributed by atoms with van der Waals surface area (Å²) in [5.74, 6) is 0. The highest BCUT2D eigenvalue weighted by Gasteiger charge is 2.46. The van der Waals surface area contributed by atoms with Crippen LogP contribution in [-0.4, -0.2) is 9.08 Å². The Balaban J connectivity index is 2.36. The molecule has 42 valence electrons. The maximum Gasteiger partial charge on any atom is 0.0289 e. The molecule has 0 N–H and O–H groups in total. The van der Waals surface area contributed by atoms with Gasteiger partial charge >= 0.3 is 0 Å². The van der Waals surface area contributed by atoms with Gasteiger partial charge in [0.05, 0.1) is 0 Å². The first-order chi connectivity index (χ1) is 3.19. The van der Waals surface area contributed by atoms with Crippen LogP contribution < -0.4 is 0 Å². The third-order valence-corrected chi connectivity index (χ3v) is 5.21. The fraction of sp³-hybridized carbons (Fsp3) is 1.00. The number of halogens is 1. The van der Waals surface area contributed by atoms with Gasteiger partial charge < -0.3 is 0 Å². The van der Waals surface area contributed by atoms with Crippen molar-refractivity contribution in [1.82, 2.24) is 0 Å². The number of hydrogen-bond donors (Lipinski definition) is 0. The summed E-state index contributed by atoms with van der Waals surface area (Å²) in [6, 6.07) is 0. The van der Waals surface area contributed by atoms with Crippen LogP contribution in [0.2, 0.25) is 0 Å². The van der Waals surface area contributed by atoms with Gasteiger partial charge in [-0.05, 0) is 18.5 Å². The smallest absolute Gasteiger partial charge is 0.0289 e. The fourth-order valence-corrected chi connectivity index (χ4v) is 2.32. The Kier molecular flexibility index (Phi) is 1.65. The molecule has 1 fully saturated rings. The quantitative estimate of drug-likeness (QED) is 0.366. The van der Waals surface area contributed by atoms with Crippen LogP contribution in [0.4, 0.5) is 0 Å². The summed E-state index contributed by atoms with van der Waals surface area (Å²) >= 11 is 2.56. The van der Waals surface area contributed by atoms with Crippen LogP contribution in [0.5, 0.6) is 0 Å². The average Bonchev–Trinajstić information content (AvgIpc) is 2.18. The lowest BCUT2D eigenvalue weighted by molar-refractivity contribution is 0.891. The van der Waals surface area contributed by atoms with Gasteiger partial charge in [-0.2, -0.15) is 0 Å². The standard InChI is InChI=1S/C5H10IP/c1-2-5(6)3-4(5)7/h4H,2-3,7H2,1H3. The monoisotopic (exact) mass is 228 g/mol. The first-order valence-corrected chi connectivity index (χ1v) is 4.38. The van der Waals surface area contributed by atoms with E-state index in [-0.39, 0.29) is 0 Å². The molecule has 1 saturated carbocycles. The van der Waals surface area contributed by atoms with E-state index < -0.39 is 0 Å². The van der Waals surface area contributed by atoms with E-state index in [0.29, 0.717) is 3.42 Å². The molecule has 3 unspecified atom stereocenters. The normalized spacial score (nSPS) is 49.3. The molecule has 0 radical (unpaired) electrons. The minimum atomic E-state index is 0.683. The van der Waals surface area contributed by atoms with Crippen molar-refractivity contribution >= 4 is 31.8 Å². The Bertz CT molecular complexity index is 80.1. The molecule has 0 amide bonds. The van der Waals surface area contributed by atoms with Crippen LogP contribution in [0.3, 0.4) is 0 Å². The fourth-order valence-electron chi connectivity index (χ4n) is 0.713. The molecule has 1 rings (SSSR count). The molecule has 0 aromatic rings.